The van der Waals surface area contributed by atoms with E-state index < -0.39 is 17.6 Å². The third kappa shape index (κ3) is 5.90. The molecule has 0 unspecified atom stereocenters. The summed E-state index contributed by atoms with van der Waals surface area (Å²) in [6.07, 6.45) is 3.24. The van der Waals surface area contributed by atoms with Gasteiger partial charge in [-0.15, -0.1) is 0 Å². The number of aromatic nitrogens is 5. The summed E-state index contributed by atoms with van der Waals surface area (Å²) in [5.41, 5.74) is 0.946. The topological polar surface area (TPSA) is 138 Å². The summed E-state index contributed by atoms with van der Waals surface area (Å²) in [5.74, 6) is 0.550. The zero-order chi connectivity index (χ0) is 25.9. The first-order chi connectivity index (χ1) is 17.2. The van der Waals surface area contributed by atoms with E-state index in [9.17, 15) is 9.90 Å². The molecule has 11 heteroatoms. The fourth-order valence-electron chi connectivity index (χ4n) is 4.22. The number of nitrogens with zero attached hydrogens (tertiary/aromatic N) is 5. The molecule has 0 aliphatic carbocycles. The molecule has 3 N–H and O–H groups in total. The number of methoxy groups -OCH3 is 1. The van der Waals surface area contributed by atoms with Crippen LogP contribution in [-0.4, -0.2) is 80.7 Å². The number of H-pyrrole nitrogens is 1. The Labute approximate surface area is 210 Å². The number of hydrogen-bond donors (Lipinski definition) is 3. The average Bonchev–Trinajstić information content (AvgIpc) is 3.27. The van der Waals surface area contributed by atoms with Crippen molar-refractivity contribution in [2.24, 2.45) is 0 Å². The SMILES string of the molecule is COC[C@@H](C)Oc1nc(C(=O)N[C@H](C)C(C)(C)O)cc(N2CCC(c3[nH]nc4ncccc34)CC2)n1. The molecule has 1 fully saturated rings. The molecule has 4 rings (SSSR count). The number of piperidine rings is 1. The number of nitrogens with one attached hydrogen (secondary N) is 2. The van der Waals surface area contributed by atoms with Crippen LogP contribution in [0.15, 0.2) is 24.4 Å². The predicted octanol–water partition coefficient (Wildman–Crippen LogP) is 2.43. The normalized spacial score (nSPS) is 16.7. The van der Waals surface area contributed by atoms with Gasteiger partial charge in [0.25, 0.3) is 5.91 Å². The van der Waals surface area contributed by atoms with Gasteiger partial charge in [0.2, 0.25) is 0 Å². The molecular weight excluding hydrogens is 462 g/mol. The summed E-state index contributed by atoms with van der Waals surface area (Å²) < 4.78 is 11.0. The van der Waals surface area contributed by atoms with Crippen LogP contribution in [0.2, 0.25) is 0 Å². The summed E-state index contributed by atoms with van der Waals surface area (Å²) >= 11 is 0. The number of rotatable bonds is 9. The lowest BCUT2D eigenvalue weighted by molar-refractivity contribution is 0.0406. The fraction of sp³-hybridized carbons (Fsp3) is 0.560. The van der Waals surface area contributed by atoms with Crippen molar-refractivity contribution in [2.75, 3.05) is 31.7 Å². The fourth-order valence-corrected chi connectivity index (χ4v) is 4.22. The van der Waals surface area contributed by atoms with Crippen LogP contribution in [0.3, 0.4) is 0 Å². The van der Waals surface area contributed by atoms with Gasteiger partial charge in [-0.05, 0) is 52.7 Å². The van der Waals surface area contributed by atoms with Gasteiger partial charge in [0.15, 0.2) is 5.65 Å². The van der Waals surface area contributed by atoms with Gasteiger partial charge in [-0.1, -0.05) is 0 Å². The van der Waals surface area contributed by atoms with Crippen molar-refractivity contribution in [1.29, 1.82) is 0 Å². The second-order valence-electron chi connectivity index (χ2n) is 9.90. The first-order valence-electron chi connectivity index (χ1n) is 12.3. The summed E-state index contributed by atoms with van der Waals surface area (Å²) in [6.45, 7) is 8.75. The first kappa shape index (κ1) is 25.8. The number of anilines is 1. The number of fused-ring (bicyclic) bond motifs is 1. The minimum absolute atomic E-state index is 0.117. The van der Waals surface area contributed by atoms with Crippen LogP contribution in [-0.2, 0) is 4.74 Å². The van der Waals surface area contributed by atoms with E-state index in [-0.39, 0.29) is 17.8 Å². The van der Waals surface area contributed by atoms with Crippen molar-refractivity contribution in [1.82, 2.24) is 30.5 Å². The van der Waals surface area contributed by atoms with Gasteiger partial charge in [0.1, 0.15) is 17.6 Å². The molecule has 194 valence electrons. The van der Waals surface area contributed by atoms with Gasteiger partial charge in [-0.3, -0.25) is 9.89 Å². The number of ether oxygens (including phenoxy) is 2. The van der Waals surface area contributed by atoms with Crippen molar-refractivity contribution < 1.29 is 19.4 Å². The monoisotopic (exact) mass is 497 g/mol. The number of pyridine rings is 1. The Hall–Kier alpha value is -3.31. The lowest BCUT2D eigenvalue weighted by atomic mass is 9.92. The highest BCUT2D eigenvalue weighted by atomic mass is 16.5. The quantitative estimate of drug-likeness (QED) is 0.407. The molecule has 1 aliphatic heterocycles. The first-order valence-corrected chi connectivity index (χ1v) is 12.3. The van der Waals surface area contributed by atoms with Gasteiger partial charge in [-0.2, -0.15) is 15.1 Å². The van der Waals surface area contributed by atoms with E-state index in [2.05, 4.69) is 35.4 Å². The van der Waals surface area contributed by atoms with E-state index >= 15 is 0 Å². The summed E-state index contributed by atoms with van der Waals surface area (Å²) in [6, 6.07) is 5.29. The van der Waals surface area contributed by atoms with E-state index in [1.54, 1.807) is 40.1 Å². The highest BCUT2D eigenvalue weighted by Crippen LogP contribution is 2.32. The third-order valence-electron chi connectivity index (χ3n) is 6.63. The predicted molar refractivity (Wildman–Crippen MR) is 135 cm³/mol. The molecule has 4 heterocycles. The number of aromatic amines is 1. The Kier molecular flexibility index (Phi) is 7.70. The molecule has 3 aromatic rings. The molecule has 2 atom stereocenters. The van der Waals surface area contributed by atoms with E-state index in [1.165, 1.54) is 0 Å². The number of carbonyl (C=O) groups is 1. The molecule has 1 amide bonds. The minimum Gasteiger partial charge on any atom is -0.458 e. The minimum atomic E-state index is -1.08. The van der Waals surface area contributed by atoms with Crippen LogP contribution in [0.25, 0.3) is 11.0 Å². The highest BCUT2D eigenvalue weighted by molar-refractivity contribution is 5.93. The zero-order valence-corrected chi connectivity index (χ0v) is 21.5. The molecular formula is C25H35N7O4. The van der Waals surface area contributed by atoms with E-state index in [0.29, 0.717) is 18.3 Å². The van der Waals surface area contributed by atoms with Gasteiger partial charge in [-0.25, -0.2) is 4.98 Å². The Morgan fingerprint density at radius 2 is 2.06 bits per heavy atom. The molecule has 1 aliphatic rings. The Morgan fingerprint density at radius 1 is 1.31 bits per heavy atom. The molecule has 0 aromatic carbocycles. The van der Waals surface area contributed by atoms with Crippen molar-refractivity contribution in [3.63, 3.8) is 0 Å². The molecule has 0 radical (unpaired) electrons. The molecule has 36 heavy (non-hydrogen) atoms. The van der Waals surface area contributed by atoms with Crippen molar-refractivity contribution in [2.45, 2.75) is 64.2 Å². The Bertz CT molecular complexity index is 1180. The molecule has 0 saturated carbocycles. The largest absolute Gasteiger partial charge is 0.458 e. The molecule has 0 bridgehead atoms. The van der Waals surface area contributed by atoms with Crippen molar-refractivity contribution >= 4 is 22.8 Å². The number of carbonyl (C=O) groups excluding carboxylic acids is 1. The summed E-state index contributed by atoms with van der Waals surface area (Å²) in [5, 5.41) is 21.6. The Balaban J connectivity index is 1.53. The Morgan fingerprint density at radius 3 is 2.75 bits per heavy atom. The van der Waals surface area contributed by atoms with Crippen LogP contribution >= 0.6 is 0 Å². The number of amides is 1. The van der Waals surface area contributed by atoms with E-state index in [1.807, 2.05) is 19.1 Å². The second kappa shape index (κ2) is 10.8. The van der Waals surface area contributed by atoms with Gasteiger partial charge in [0.05, 0.1) is 18.2 Å². The molecule has 1 saturated heterocycles. The zero-order valence-electron chi connectivity index (χ0n) is 21.5. The van der Waals surface area contributed by atoms with Gasteiger partial charge < -0.3 is 24.8 Å². The van der Waals surface area contributed by atoms with Crippen molar-refractivity contribution in [3.05, 3.63) is 35.8 Å². The maximum atomic E-state index is 13.0. The maximum absolute atomic E-state index is 13.0. The van der Waals surface area contributed by atoms with Crippen LogP contribution in [0.4, 0.5) is 5.82 Å². The highest BCUT2D eigenvalue weighted by Gasteiger charge is 2.28. The lowest BCUT2D eigenvalue weighted by Crippen LogP contribution is -2.47. The average molecular weight is 498 g/mol. The smallest absolute Gasteiger partial charge is 0.319 e. The van der Waals surface area contributed by atoms with E-state index in [4.69, 9.17) is 9.47 Å². The molecule has 11 nitrogen and oxygen atoms in total. The van der Waals surface area contributed by atoms with Crippen LogP contribution in [0.1, 0.15) is 62.6 Å². The van der Waals surface area contributed by atoms with Crippen LogP contribution < -0.4 is 15.0 Å². The second-order valence-corrected chi connectivity index (χ2v) is 9.90. The van der Waals surface area contributed by atoms with Gasteiger partial charge in [0, 0.05) is 49.5 Å². The third-order valence-corrected chi connectivity index (χ3v) is 6.63. The molecule has 0 spiro atoms. The summed E-state index contributed by atoms with van der Waals surface area (Å²) in [4.78, 5) is 28.4. The van der Waals surface area contributed by atoms with E-state index in [0.717, 1.165) is 42.7 Å². The van der Waals surface area contributed by atoms with Crippen molar-refractivity contribution in [3.8, 4) is 6.01 Å². The summed E-state index contributed by atoms with van der Waals surface area (Å²) in [7, 11) is 1.59. The maximum Gasteiger partial charge on any atom is 0.319 e. The van der Waals surface area contributed by atoms with Crippen LogP contribution in [0.5, 0.6) is 6.01 Å². The van der Waals surface area contributed by atoms with Gasteiger partial charge >= 0.3 is 6.01 Å². The van der Waals surface area contributed by atoms with Crippen LogP contribution in [0, 0.1) is 0 Å². The number of hydrogen-bond acceptors (Lipinski definition) is 9. The number of aliphatic hydroxyl groups is 1. The molecule has 3 aromatic heterocycles. The lowest BCUT2D eigenvalue weighted by Gasteiger charge is -2.32. The standard InChI is InChI=1S/C25H35N7O4/c1-15(14-35-5)36-24-28-19(23(33)27-16(2)25(3,4)34)13-20(29-24)32-11-8-17(9-12-32)21-18-7-6-10-26-22(18)31-30-21/h6-7,10,13,15-17,34H,8-9,11-12,14H2,1-5H3,(H,27,33)(H,26,30,31)/t15-,16-/m1/s1.